The summed E-state index contributed by atoms with van der Waals surface area (Å²) >= 11 is 4.01. The van der Waals surface area contributed by atoms with Gasteiger partial charge in [-0.1, -0.05) is 20.3 Å². The van der Waals surface area contributed by atoms with Crippen molar-refractivity contribution in [3.8, 4) is 0 Å². The third-order valence-electron chi connectivity index (χ3n) is 4.07. The fraction of sp³-hybridized carbons (Fsp3) is 0.688. The molecule has 0 bridgehead atoms. The van der Waals surface area contributed by atoms with Crippen molar-refractivity contribution < 1.29 is 34.2 Å². The van der Waals surface area contributed by atoms with E-state index in [9.17, 15) is 24.0 Å². The molecule has 12 heteroatoms. The predicted octanol–water partition coefficient (Wildman–Crippen LogP) is -1.68. The molecule has 7 N–H and O–H groups in total. The Morgan fingerprint density at radius 1 is 0.964 bits per heavy atom. The van der Waals surface area contributed by atoms with Gasteiger partial charge in [0.05, 0.1) is 6.04 Å². The van der Waals surface area contributed by atoms with E-state index in [1.54, 1.807) is 6.92 Å². The van der Waals surface area contributed by atoms with Crippen LogP contribution in [0.15, 0.2) is 0 Å². The molecular weight excluding hydrogens is 392 g/mol. The van der Waals surface area contributed by atoms with Crippen molar-refractivity contribution in [2.75, 3.05) is 12.3 Å². The van der Waals surface area contributed by atoms with Crippen LogP contribution in [0.1, 0.15) is 33.1 Å². The highest BCUT2D eigenvalue weighted by Gasteiger charge is 2.29. The van der Waals surface area contributed by atoms with Gasteiger partial charge in [0.2, 0.25) is 17.7 Å². The zero-order valence-electron chi connectivity index (χ0n) is 15.8. The number of hydrogen-bond acceptors (Lipinski definition) is 7. The fourth-order valence-corrected chi connectivity index (χ4v) is 2.33. The summed E-state index contributed by atoms with van der Waals surface area (Å²) in [6.45, 7) is 2.97. The van der Waals surface area contributed by atoms with Crippen LogP contribution in [0.3, 0.4) is 0 Å². The molecule has 0 aliphatic rings. The van der Waals surface area contributed by atoms with Crippen LogP contribution in [0.5, 0.6) is 0 Å². The normalized spacial score (nSPS) is 14.9. The third kappa shape index (κ3) is 9.55. The molecule has 0 aliphatic heterocycles. The van der Waals surface area contributed by atoms with E-state index in [1.165, 1.54) is 0 Å². The summed E-state index contributed by atoms with van der Waals surface area (Å²) in [6.07, 6.45) is -0.0261. The number of nitrogens with one attached hydrogen (secondary N) is 3. The van der Waals surface area contributed by atoms with Gasteiger partial charge in [0, 0.05) is 12.2 Å². The van der Waals surface area contributed by atoms with E-state index < -0.39 is 60.8 Å². The second-order valence-corrected chi connectivity index (χ2v) is 6.63. The van der Waals surface area contributed by atoms with Crippen molar-refractivity contribution in [1.29, 1.82) is 0 Å². The molecule has 0 aliphatic carbocycles. The first-order chi connectivity index (χ1) is 13.0. The second-order valence-electron chi connectivity index (χ2n) is 6.26. The van der Waals surface area contributed by atoms with Gasteiger partial charge < -0.3 is 31.9 Å². The fourth-order valence-electron chi connectivity index (χ4n) is 2.07. The predicted molar refractivity (Wildman–Crippen MR) is 103 cm³/mol. The van der Waals surface area contributed by atoms with E-state index in [0.717, 1.165) is 0 Å². The van der Waals surface area contributed by atoms with E-state index in [2.05, 4.69) is 28.6 Å². The number of rotatable bonds is 13. The molecule has 3 amide bonds. The Hall–Kier alpha value is -2.34. The van der Waals surface area contributed by atoms with Gasteiger partial charge in [-0.2, -0.15) is 12.6 Å². The highest BCUT2D eigenvalue weighted by molar-refractivity contribution is 7.80. The van der Waals surface area contributed by atoms with Gasteiger partial charge in [-0.15, -0.1) is 0 Å². The second kappa shape index (κ2) is 12.9. The lowest BCUT2D eigenvalue weighted by Crippen LogP contribution is -2.57. The van der Waals surface area contributed by atoms with Gasteiger partial charge in [0.25, 0.3) is 0 Å². The number of carbonyl (C=O) groups excluding carboxylic acids is 3. The first kappa shape index (κ1) is 25.7. The maximum Gasteiger partial charge on any atom is 0.322 e. The Morgan fingerprint density at radius 3 is 2.00 bits per heavy atom. The number of thiol groups is 1. The van der Waals surface area contributed by atoms with E-state index in [1.807, 2.05) is 6.92 Å². The van der Waals surface area contributed by atoms with Crippen molar-refractivity contribution in [2.24, 2.45) is 11.7 Å². The minimum absolute atomic E-state index is 0.0901. The van der Waals surface area contributed by atoms with Crippen LogP contribution in [-0.2, 0) is 24.0 Å². The zero-order valence-corrected chi connectivity index (χ0v) is 16.7. The number of carbonyl (C=O) groups is 5. The largest absolute Gasteiger partial charge is 0.481 e. The van der Waals surface area contributed by atoms with Gasteiger partial charge in [0.1, 0.15) is 18.6 Å². The molecule has 0 fully saturated rings. The summed E-state index contributed by atoms with van der Waals surface area (Å²) in [4.78, 5) is 58.0. The number of nitrogens with two attached hydrogens (primary N) is 1. The van der Waals surface area contributed by atoms with Crippen LogP contribution in [0, 0.1) is 5.92 Å². The third-order valence-corrected chi connectivity index (χ3v) is 4.43. The Labute approximate surface area is 168 Å². The summed E-state index contributed by atoms with van der Waals surface area (Å²) in [5, 5.41) is 24.3. The molecule has 0 saturated carbocycles. The van der Waals surface area contributed by atoms with Crippen LogP contribution in [0.25, 0.3) is 0 Å². The lowest BCUT2D eigenvalue weighted by atomic mass is 9.99. The van der Waals surface area contributed by atoms with Crippen molar-refractivity contribution in [3.63, 3.8) is 0 Å². The van der Waals surface area contributed by atoms with Crippen LogP contribution in [0.2, 0.25) is 0 Å². The van der Waals surface area contributed by atoms with Gasteiger partial charge >= 0.3 is 11.9 Å². The maximum atomic E-state index is 12.4. The minimum atomic E-state index is -1.30. The van der Waals surface area contributed by atoms with Gasteiger partial charge in [-0.3, -0.25) is 24.0 Å². The van der Waals surface area contributed by atoms with E-state index in [4.69, 9.17) is 15.9 Å². The highest BCUT2D eigenvalue weighted by atomic mass is 32.1. The van der Waals surface area contributed by atoms with E-state index in [-0.39, 0.29) is 18.1 Å². The van der Waals surface area contributed by atoms with Crippen LogP contribution < -0.4 is 21.7 Å². The smallest absolute Gasteiger partial charge is 0.322 e. The zero-order chi connectivity index (χ0) is 21.9. The average molecular weight is 420 g/mol. The minimum Gasteiger partial charge on any atom is -0.481 e. The molecular formula is C16H28N4O7S. The van der Waals surface area contributed by atoms with Crippen molar-refractivity contribution in [3.05, 3.63) is 0 Å². The standard InChI is InChI=1S/C16H28N4O7S/c1-3-8(2)13(17)16(27)20-10(7-28)15(26)19-9(4-5-11(21)22)14(25)18-6-12(23)24/h8-10,13,28H,3-7,17H2,1-2H3,(H,18,25)(H,19,26)(H,20,27)(H,21,22)(H,23,24). The number of aliphatic carboxylic acids is 2. The Bertz CT molecular complexity index is 587. The Balaban J connectivity index is 5.06. The number of amides is 3. The Kier molecular flexibility index (Phi) is 11.9. The molecule has 4 atom stereocenters. The molecule has 0 aromatic rings. The molecule has 0 rings (SSSR count). The average Bonchev–Trinajstić information content (AvgIpc) is 2.65. The van der Waals surface area contributed by atoms with Crippen LogP contribution >= 0.6 is 12.6 Å². The van der Waals surface area contributed by atoms with Crippen molar-refractivity contribution in [2.45, 2.75) is 51.2 Å². The molecule has 160 valence electrons. The SMILES string of the molecule is CCC(C)C(N)C(=O)NC(CS)C(=O)NC(CCC(=O)O)C(=O)NCC(=O)O. The number of carboxylic acid groups (broad SMARTS) is 2. The monoisotopic (exact) mass is 420 g/mol. The molecule has 0 heterocycles. The molecule has 28 heavy (non-hydrogen) atoms. The van der Waals surface area contributed by atoms with Gasteiger partial charge in [-0.05, 0) is 12.3 Å². The summed E-state index contributed by atoms with van der Waals surface area (Å²) in [5.41, 5.74) is 5.82. The molecule has 4 unspecified atom stereocenters. The van der Waals surface area contributed by atoms with Gasteiger partial charge in [0.15, 0.2) is 0 Å². The Morgan fingerprint density at radius 2 is 1.54 bits per heavy atom. The molecule has 0 spiro atoms. The topological polar surface area (TPSA) is 188 Å². The first-order valence-corrected chi connectivity index (χ1v) is 9.35. The van der Waals surface area contributed by atoms with E-state index in [0.29, 0.717) is 6.42 Å². The van der Waals surface area contributed by atoms with E-state index >= 15 is 0 Å². The highest BCUT2D eigenvalue weighted by Crippen LogP contribution is 2.06. The van der Waals surface area contributed by atoms with Crippen LogP contribution in [-0.4, -0.2) is 70.3 Å². The van der Waals surface area contributed by atoms with Gasteiger partial charge in [-0.25, -0.2) is 0 Å². The molecule has 0 saturated heterocycles. The summed E-state index contributed by atoms with van der Waals surface area (Å²) < 4.78 is 0. The summed E-state index contributed by atoms with van der Waals surface area (Å²) in [5.74, 6) is -4.86. The first-order valence-electron chi connectivity index (χ1n) is 8.71. The number of hydrogen-bond donors (Lipinski definition) is 7. The molecule has 0 aromatic heterocycles. The van der Waals surface area contributed by atoms with Crippen molar-refractivity contribution >= 4 is 42.3 Å². The summed E-state index contributed by atoms with van der Waals surface area (Å²) in [6, 6.07) is -3.22. The number of carboxylic acids is 2. The lowest BCUT2D eigenvalue weighted by Gasteiger charge is -2.24. The molecule has 0 radical (unpaired) electrons. The quantitative estimate of drug-likeness (QED) is 0.172. The molecule has 0 aromatic carbocycles. The van der Waals surface area contributed by atoms with Crippen molar-refractivity contribution in [1.82, 2.24) is 16.0 Å². The summed E-state index contributed by atoms with van der Waals surface area (Å²) in [7, 11) is 0. The van der Waals surface area contributed by atoms with Crippen LogP contribution in [0.4, 0.5) is 0 Å². The lowest BCUT2D eigenvalue weighted by molar-refractivity contribution is -0.140. The maximum absolute atomic E-state index is 12.4. The molecule has 11 nitrogen and oxygen atoms in total.